The Hall–Kier alpha value is -3.18. The molecule has 2 aliphatic rings. The largest absolute Gasteiger partial charge is 0.391 e. The summed E-state index contributed by atoms with van der Waals surface area (Å²) in [6.45, 7) is 6.05. The van der Waals surface area contributed by atoms with Crippen molar-refractivity contribution in [1.29, 1.82) is 0 Å². The first-order valence-corrected chi connectivity index (χ1v) is 16.9. The second kappa shape index (κ2) is 13.7. The van der Waals surface area contributed by atoms with E-state index in [1.54, 1.807) is 18.2 Å². The standard InChI is InChI=1S/C34H43Cl2F3N6O2/c1-33(2,3)31(47)41-18-20-11-14-24(35)29(28(20)36)43-32-42-25-15-23(26(16-27(25)45(32)5)44(4)22-7-6-8-22)30(46)40-17-19-9-12-21(13-10-19)34(37,38)39/h11,14-16,19,21-22H,6-10,12-13,17-18H2,1-5H3,(H,40,46)(H,41,47)(H,42,43). The lowest BCUT2D eigenvalue weighted by Gasteiger charge is -2.37. The Morgan fingerprint density at radius 3 is 2.30 bits per heavy atom. The third-order valence-electron chi connectivity index (χ3n) is 9.63. The van der Waals surface area contributed by atoms with Crippen LogP contribution < -0.4 is 20.9 Å². The maximum absolute atomic E-state index is 13.7. The molecule has 256 valence electrons. The number of hydrogen-bond donors (Lipinski definition) is 3. The van der Waals surface area contributed by atoms with Gasteiger partial charge in [-0.15, -0.1) is 0 Å². The fraction of sp³-hybridized carbons (Fsp3) is 0.559. The average molecular weight is 696 g/mol. The smallest absolute Gasteiger partial charge is 0.371 e. The number of carbonyl (C=O) groups excluding carboxylic acids is 2. The second-order valence-corrected chi connectivity index (χ2v) is 14.8. The molecule has 3 aromatic rings. The number of aryl methyl sites for hydroxylation is 1. The van der Waals surface area contributed by atoms with E-state index in [0.29, 0.717) is 63.8 Å². The first kappa shape index (κ1) is 35.1. The van der Waals surface area contributed by atoms with Crippen LogP contribution >= 0.6 is 23.2 Å². The van der Waals surface area contributed by atoms with Gasteiger partial charge in [0.05, 0.1) is 43.9 Å². The van der Waals surface area contributed by atoms with E-state index in [2.05, 4.69) is 20.9 Å². The number of benzene rings is 2. The summed E-state index contributed by atoms with van der Waals surface area (Å²) in [6.07, 6.45) is 0.0743. The lowest BCUT2D eigenvalue weighted by molar-refractivity contribution is -0.183. The van der Waals surface area contributed by atoms with Gasteiger partial charge in [0.25, 0.3) is 5.91 Å². The highest BCUT2D eigenvalue weighted by Crippen LogP contribution is 2.40. The van der Waals surface area contributed by atoms with Crippen LogP contribution in [-0.4, -0.2) is 47.2 Å². The van der Waals surface area contributed by atoms with E-state index in [9.17, 15) is 22.8 Å². The summed E-state index contributed by atoms with van der Waals surface area (Å²) in [5, 5.41) is 9.91. The van der Waals surface area contributed by atoms with Gasteiger partial charge in [-0.25, -0.2) is 4.98 Å². The highest BCUT2D eigenvalue weighted by molar-refractivity contribution is 6.39. The number of nitrogens with one attached hydrogen (secondary N) is 3. The lowest BCUT2D eigenvalue weighted by Crippen LogP contribution is -2.39. The number of anilines is 3. The Morgan fingerprint density at radius 2 is 1.70 bits per heavy atom. The van der Waals surface area contributed by atoms with Gasteiger partial charge in [0.2, 0.25) is 11.9 Å². The first-order valence-electron chi connectivity index (χ1n) is 16.1. The number of nitrogens with zero attached hydrogens (tertiary/aromatic N) is 3. The molecule has 2 aliphatic carbocycles. The van der Waals surface area contributed by atoms with Crippen LogP contribution in [0.5, 0.6) is 0 Å². The number of aromatic nitrogens is 2. The maximum Gasteiger partial charge on any atom is 0.391 e. The molecule has 0 aliphatic heterocycles. The van der Waals surface area contributed by atoms with Crippen molar-refractivity contribution < 1.29 is 22.8 Å². The summed E-state index contributed by atoms with van der Waals surface area (Å²) in [4.78, 5) is 33.0. The van der Waals surface area contributed by atoms with Crippen LogP contribution in [0.3, 0.4) is 0 Å². The van der Waals surface area contributed by atoms with Crippen LogP contribution in [0.4, 0.5) is 30.5 Å². The molecule has 13 heteroatoms. The van der Waals surface area contributed by atoms with E-state index in [1.165, 1.54) is 0 Å². The van der Waals surface area contributed by atoms with Crippen molar-refractivity contribution in [2.75, 3.05) is 23.8 Å². The molecule has 2 fully saturated rings. The molecule has 0 saturated heterocycles. The Morgan fingerprint density at radius 1 is 1.02 bits per heavy atom. The van der Waals surface area contributed by atoms with Crippen molar-refractivity contribution in [1.82, 2.24) is 20.2 Å². The molecule has 0 atom stereocenters. The van der Waals surface area contributed by atoms with E-state index in [4.69, 9.17) is 28.2 Å². The fourth-order valence-electron chi connectivity index (χ4n) is 6.21. The van der Waals surface area contributed by atoms with E-state index >= 15 is 0 Å². The van der Waals surface area contributed by atoms with Crippen molar-refractivity contribution in [2.24, 2.45) is 24.3 Å². The number of amides is 2. The van der Waals surface area contributed by atoms with E-state index in [0.717, 1.165) is 30.5 Å². The zero-order valence-corrected chi connectivity index (χ0v) is 29.0. The molecule has 2 aromatic carbocycles. The maximum atomic E-state index is 13.7. The monoisotopic (exact) mass is 694 g/mol. The topological polar surface area (TPSA) is 91.3 Å². The minimum Gasteiger partial charge on any atom is -0.371 e. The molecule has 0 bridgehead atoms. The van der Waals surface area contributed by atoms with Crippen LogP contribution in [0.1, 0.15) is 81.6 Å². The summed E-state index contributed by atoms with van der Waals surface area (Å²) in [5.41, 5.74) is 3.18. The molecule has 1 heterocycles. The SMILES string of the molecule is CN(c1cc2c(cc1C(=O)NCC1CCC(C(F)(F)F)CC1)nc(Nc1c(Cl)ccc(CNC(=O)C(C)(C)C)c1Cl)n2C)C1CCC1. The summed E-state index contributed by atoms with van der Waals surface area (Å²) < 4.78 is 41.3. The summed E-state index contributed by atoms with van der Waals surface area (Å²) in [5.74, 6) is -1.18. The molecule has 8 nitrogen and oxygen atoms in total. The van der Waals surface area contributed by atoms with Gasteiger partial charge >= 0.3 is 6.18 Å². The summed E-state index contributed by atoms with van der Waals surface area (Å²) in [6, 6.07) is 7.50. The molecular weight excluding hydrogens is 652 g/mol. The summed E-state index contributed by atoms with van der Waals surface area (Å²) >= 11 is 13.4. The first-order chi connectivity index (χ1) is 22.0. The molecule has 3 N–H and O–H groups in total. The third kappa shape index (κ3) is 7.77. The summed E-state index contributed by atoms with van der Waals surface area (Å²) in [7, 11) is 3.84. The molecule has 2 saturated carbocycles. The van der Waals surface area contributed by atoms with Crippen molar-refractivity contribution in [2.45, 2.75) is 84.5 Å². The van der Waals surface area contributed by atoms with Gasteiger partial charge in [-0.05, 0) is 74.6 Å². The highest BCUT2D eigenvalue weighted by Gasteiger charge is 2.41. The number of hydrogen-bond acceptors (Lipinski definition) is 5. The highest BCUT2D eigenvalue weighted by atomic mass is 35.5. The van der Waals surface area contributed by atoms with E-state index in [1.807, 2.05) is 45.5 Å². The van der Waals surface area contributed by atoms with Gasteiger partial charge in [-0.1, -0.05) is 50.0 Å². The number of alkyl halides is 3. The van der Waals surface area contributed by atoms with Crippen molar-refractivity contribution in [3.05, 3.63) is 45.4 Å². The van der Waals surface area contributed by atoms with Gasteiger partial charge < -0.3 is 25.4 Å². The number of rotatable bonds is 9. The normalized spacial score (nSPS) is 18.9. The van der Waals surface area contributed by atoms with Crippen LogP contribution in [-0.2, 0) is 18.4 Å². The van der Waals surface area contributed by atoms with Crippen LogP contribution in [0.25, 0.3) is 11.0 Å². The predicted octanol–water partition coefficient (Wildman–Crippen LogP) is 8.37. The molecule has 1 aromatic heterocycles. The Bertz CT molecular complexity index is 1640. The fourth-order valence-corrected chi connectivity index (χ4v) is 6.74. The Balaban J connectivity index is 1.39. The molecule has 0 unspecified atom stereocenters. The number of fused-ring (bicyclic) bond motifs is 1. The predicted molar refractivity (Wildman–Crippen MR) is 182 cm³/mol. The van der Waals surface area contributed by atoms with Gasteiger partial charge in [0.1, 0.15) is 0 Å². The van der Waals surface area contributed by atoms with Crippen molar-refractivity contribution in [3.63, 3.8) is 0 Å². The zero-order valence-electron chi connectivity index (χ0n) is 27.5. The zero-order chi connectivity index (χ0) is 34.3. The molecule has 0 spiro atoms. The van der Waals surface area contributed by atoms with Gasteiger partial charge in [0, 0.05) is 38.6 Å². The molecule has 0 radical (unpaired) electrons. The van der Waals surface area contributed by atoms with E-state index in [-0.39, 0.29) is 37.1 Å². The number of imidazole rings is 1. The van der Waals surface area contributed by atoms with Gasteiger partial charge in [-0.2, -0.15) is 13.2 Å². The Labute approximate surface area is 283 Å². The van der Waals surface area contributed by atoms with E-state index < -0.39 is 17.5 Å². The molecular formula is C34H43Cl2F3N6O2. The minimum atomic E-state index is -4.16. The molecule has 2 amide bonds. The number of halogens is 5. The minimum absolute atomic E-state index is 0.00629. The van der Waals surface area contributed by atoms with Crippen LogP contribution in [0.15, 0.2) is 24.3 Å². The molecule has 5 rings (SSSR count). The third-order valence-corrected chi connectivity index (χ3v) is 10.4. The van der Waals surface area contributed by atoms with Crippen molar-refractivity contribution >= 4 is 63.4 Å². The average Bonchev–Trinajstić information content (AvgIpc) is 3.28. The van der Waals surface area contributed by atoms with Crippen LogP contribution in [0.2, 0.25) is 10.0 Å². The number of carbonyl (C=O) groups is 2. The lowest BCUT2D eigenvalue weighted by atomic mass is 9.81. The second-order valence-electron chi connectivity index (χ2n) is 14.0. The van der Waals surface area contributed by atoms with Crippen molar-refractivity contribution in [3.8, 4) is 0 Å². The Kier molecular flexibility index (Phi) is 10.3. The van der Waals surface area contributed by atoms with Crippen LogP contribution in [0, 0.1) is 17.3 Å². The molecule has 47 heavy (non-hydrogen) atoms. The van der Waals surface area contributed by atoms with Gasteiger partial charge in [0.15, 0.2) is 0 Å². The van der Waals surface area contributed by atoms with Gasteiger partial charge in [-0.3, -0.25) is 9.59 Å². The quantitative estimate of drug-likeness (QED) is 0.209.